The lowest BCUT2D eigenvalue weighted by Crippen LogP contribution is -2.08. The van der Waals surface area contributed by atoms with Gasteiger partial charge in [-0.2, -0.15) is 0 Å². The fourth-order valence-electron chi connectivity index (χ4n) is 1.81. The SMILES string of the molecule is COc1cccc(COc2ccc(Br)cc2[C@H](C)N)n1. The third kappa shape index (κ3) is 3.71. The van der Waals surface area contributed by atoms with Crippen molar-refractivity contribution in [2.24, 2.45) is 5.73 Å². The van der Waals surface area contributed by atoms with Crippen LogP contribution in [0.1, 0.15) is 24.2 Å². The molecule has 0 aliphatic rings. The largest absolute Gasteiger partial charge is 0.487 e. The predicted octanol–water partition coefficient (Wildman–Crippen LogP) is 3.45. The summed E-state index contributed by atoms with van der Waals surface area (Å²) in [7, 11) is 1.59. The first kappa shape index (κ1) is 14.8. The molecule has 0 bridgehead atoms. The summed E-state index contributed by atoms with van der Waals surface area (Å²) < 4.78 is 11.9. The Hall–Kier alpha value is -1.59. The van der Waals surface area contributed by atoms with Crippen LogP contribution in [0.4, 0.5) is 0 Å². The Balaban J connectivity index is 2.14. The molecule has 0 spiro atoms. The highest BCUT2D eigenvalue weighted by Crippen LogP contribution is 2.28. The number of pyridine rings is 1. The molecule has 0 radical (unpaired) electrons. The molecule has 2 N–H and O–H groups in total. The van der Waals surface area contributed by atoms with E-state index in [-0.39, 0.29) is 6.04 Å². The molecule has 5 heteroatoms. The molecule has 2 aromatic rings. The summed E-state index contributed by atoms with van der Waals surface area (Å²) in [5, 5.41) is 0. The van der Waals surface area contributed by atoms with Crippen LogP contribution in [0, 0.1) is 0 Å². The van der Waals surface area contributed by atoms with Crippen LogP contribution in [0.15, 0.2) is 40.9 Å². The third-order valence-electron chi connectivity index (χ3n) is 2.83. The number of rotatable bonds is 5. The summed E-state index contributed by atoms with van der Waals surface area (Å²) in [6.45, 7) is 2.30. The molecule has 106 valence electrons. The standard InChI is InChI=1S/C15H17BrN2O2/c1-10(17)13-8-11(16)6-7-14(13)20-9-12-4-3-5-15(18-12)19-2/h3-8,10H,9,17H2,1-2H3/t10-/m0/s1. The van der Waals surface area contributed by atoms with E-state index in [0.29, 0.717) is 12.5 Å². The first-order chi connectivity index (χ1) is 9.60. The topological polar surface area (TPSA) is 57.4 Å². The van der Waals surface area contributed by atoms with Gasteiger partial charge in [0.1, 0.15) is 12.4 Å². The molecule has 1 heterocycles. The number of nitrogens with two attached hydrogens (primary N) is 1. The van der Waals surface area contributed by atoms with E-state index < -0.39 is 0 Å². The van der Waals surface area contributed by atoms with Crippen molar-refractivity contribution in [1.82, 2.24) is 4.98 Å². The second-order valence-corrected chi connectivity index (χ2v) is 5.35. The first-order valence-electron chi connectivity index (χ1n) is 6.28. The van der Waals surface area contributed by atoms with Gasteiger partial charge in [0.25, 0.3) is 0 Å². The van der Waals surface area contributed by atoms with E-state index >= 15 is 0 Å². The van der Waals surface area contributed by atoms with Gasteiger partial charge >= 0.3 is 0 Å². The minimum absolute atomic E-state index is 0.0965. The Morgan fingerprint density at radius 2 is 2.10 bits per heavy atom. The van der Waals surface area contributed by atoms with Crippen LogP contribution in [0.3, 0.4) is 0 Å². The van der Waals surface area contributed by atoms with Crippen LogP contribution in [0.25, 0.3) is 0 Å². The molecule has 0 saturated heterocycles. The van der Waals surface area contributed by atoms with E-state index in [9.17, 15) is 0 Å². The summed E-state index contributed by atoms with van der Waals surface area (Å²) in [4.78, 5) is 4.31. The van der Waals surface area contributed by atoms with Crippen molar-refractivity contribution in [2.45, 2.75) is 19.6 Å². The van der Waals surface area contributed by atoms with E-state index in [2.05, 4.69) is 20.9 Å². The van der Waals surface area contributed by atoms with Gasteiger partial charge in [-0.25, -0.2) is 4.98 Å². The van der Waals surface area contributed by atoms with Gasteiger partial charge in [-0.15, -0.1) is 0 Å². The lowest BCUT2D eigenvalue weighted by atomic mass is 10.1. The molecule has 0 saturated carbocycles. The molecule has 0 fully saturated rings. The maximum atomic E-state index is 5.96. The zero-order valence-electron chi connectivity index (χ0n) is 11.5. The van der Waals surface area contributed by atoms with E-state index in [1.54, 1.807) is 13.2 Å². The lowest BCUT2D eigenvalue weighted by molar-refractivity contribution is 0.293. The normalized spacial score (nSPS) is 12.0. The predicted molar refractivity (Wildman–Crippen MR) is 81.9 cm³/mol. The number of hydrogen-bond donors (Lipinski definition) is 1. The van der Waals surface area contributed by atoms with Crippen LogP contribution >= 0.6 is 15.9 Å². The summed E-state index contributed by atoms with van der Waals surface area (Å²) in [6.07, 6.45) is 0. The molecular formula is C15H17BrN2O2. The Morgan fingerprint density at radius 3 is 2.80 bits per heavy atom. The highest BCUT2D eigenvalue weighted by Gasteiger charge is 2.09. The number of halogens is 1. The van der Waals surface area contributed by atoms with E-state index in [1.807, 2.05) is 37.3 Å². The van der Waals surface area contributed by atoms with Crippen LogP contribution < -0.4 is 15.2 Å². The number of ether oxygens (including phenoxy) is 2. The monoisotopic (exact) mass is 336 g/mol. The third-order valence-corrected chi connectivity index (χ3v) is 3.32. The number of aromatic nitrogens is 1. The molecule has 1 atom stereocenters. The van der Waals surface area contributed by atoms with Crippen molar-refractivity contribution in [2.75, 3.05) is 7.11 Å². The summed E-state index contributed by atoms with van der Waals surface area (Å²) in [6, 6.07) is 11.3. The van der Waals surface area contributed by atoms with E-state index in [0.717, 1.165) is 21.5 Å². The van der Waals surface area contributed by atoms with Crippen molar-refractivity contribution in [3.63, 3.8) is 0 Å². The van der Waals surface area contributed by atoms with Gasteiger partial charge in [0.2, 0.25) is 5.88 Å². The van der Waals surface area contributed by atoms with Gasteiger partial charge in [0.15, 0.2) is 0 Å². The van der Waals surface area contributed by atoms with Crippen LogP contribution in [0.2, 0.25) is 0 Å². The molecule has 0 aliphatic carbocycles. The van der Waals surface area contributed by atoms with Gasteiger partial charge in [-0.1, -0.05) is 22.0 Å². The summed E-state index contributed by atoms with van der Waals surface area (Å²) in [5.41, 5.74) is 7.73. The van der Waals surface area contributed by atoms with Crippen LogP contribution in [-0.2, 0) is 6.61 Å². The molecule has 0 aliphatic heterocycles. The number of nitrogens with zero attached hydrogens (tertiary/aromatic N) is 1. The molecular weight excluding hydrogens is 320 g/mol. The number of hydrogen-bond acceptors (Lipinski definition) is 4. The number of methoxy groups -OCH3 is 1. The maximum absolute atomic E-state index is 5.96. The maximum Gasteiger partial charge on any atom is 0.213 e. The van der Waals surface area contributed by atoms with Crippen molar-refractivity contribution >= 4 is 15.9 Å². The fraction of sp³-hybridized carbons (Fsp3) is 0.267. The fourth-order valence-corrected chi connectivity index (χ4v) is 2.19. The van der Waals surface area contributed by atoms with E-state index in [4.69, 9.17) is 15.2 Å². The smallest absolute Gasteiger partial charge is 0.213 e. The Morgan fingerprint density at radius 1 is 1.30 bits per heavy atom. The first-order valence-corrected chi connectivity index (χ1v) is 7.07. The molecule has 20 heavy (non-hydrogen) atoms. The molecule has 0 unspecified atom stereocenters. The van der Waals surface area contributed by atoms with Gasteiger partial charge in [-0.05, 0) is 31.2 Å². The zero-order valence-corrected chi connectivity index (χ0v) is 13.1. The van der Waals surface area contributed by atoms with Gasteiger partial charge in [-0.3, -0.25) is 0 Å². The number of benzene rings is 1. The Kier molecular flexibility index (Phi) is 4.98. The zero-order chi connectivity index (χ0) is 14.5. The highest BCUT2D eigenvalue weighted by atomic mass is 79.9. The molecule has 4 nitrogen and oxygen atoms in total. The second-order valence-electron chi connectivity index (χ2n) is 4.43. The van der Waals surface area contributed by atoms with Crippen molar-refractivity contribution in [3.8, 4) is 11.6 Å². The summed E-state index contributed by atoms with van der Waals surface area (Å²) >= 11 is 3.44. The highest BCUT2D eigenvalue weighted by molar-refractivity contribution is 9.10. The van der Waals surface area contributed by atoms with Crippen molar-refractivity contribution in [3.05, 3.63) is 52.1 Å². The van der Waals surface area contributed by atoms with Crippen LogP contribution in [0.5, 0.6) is 11.6 Å². The van der Waals surface area contributed by atoms with Gasteiger partial charge in [0, 0.05) is 22.1 Å². The molecule has 0 amide bonds. The minimum atomic E-state index is -0.0965. The molecule has 1 aromatic heterocycles. The van der Waals surface area contributed by atoms with Gasteiger partial charge in [0.05, 0.1) is 12.8 Å². The Bertz CT molecular complexity index is 588. The molecule has 1 aromatic carbocycles. The average molecular weight is 337 g/mol. The van der Waals surface area contributed by atoms with Crippen molar-refractivity contribution < 1.29 is 9.47 Å². The second kappa shape index (κ2) is 6.72. The van der Waals surface area contributed by atoms with Crippen molar-refractivity contribution in [1.29, 1.82) is 0 Å². The summed E-state index contributed by atoms with van der Waals surface area (Å²) in [5.74, 6) is 1.35. The average Bonchev–Trinajstić information content (AvgIpc) is 2.46. The Labute approximate surface area is 127 Å². The minimum Gasteiger partial charge on any atom is -0.487 e. The van der Waals surface area contributed by atoms with E-state index in [1.165, 1.54) is 0 Å². The lowest BCUT2D eigenvalue weighted by Gasteiger charge is -2.14. The molecule has 2 rings (SSSR count). The van der Waals surface area contributed by atoms with Gasteiger partial charge < -0.3 is 15.2 Å². The van der Waals surface area contributed by atoms with Crippen LogP contribution in [-0.4, -0.2) is 12.1 Å². The quantitative estimate of drug-likeness (QED) is 0.908.